The Morgan fingerprint density at radius 1 is 1.03 bits per heavy atom. The first-order chi connectivity index (χ1) is 18.3. The second kappa shape index (κ2) is 11.2. The third kappa shape index (κ3) is 5.89. The zero-order chi connectivity index (χ0) is 26.8. The molecule has 4 aromatic rings. The number of aliphatic hydroxyl groups is 1. The number of carboxylic acid groups (broad SMARTS) is 1. The number of carboxylic acids is 1. The fourth-order valence-corrected chi connectivity index (χ4v) is 5.42. The van der Waals surface area contributed by atoms with Crippen molar-refractivity contribution in [3.63, 3.8) is 0 Å². The van der Waals surface area contributed by atoms with Gasteiger partial charge in [0.1, 0.15) is 5.82 Å². The number of rotatable bonds is 8. The Hall–Kier alpha value is -3.29. The van der Waals surface area contributed by atoms with Crippen molar-refractivity contribution >= 4 is 35.9 Å². The van der Waals surface area contributed by atoms with E-state index >= 15 is 0 Å². The molecule has 4 atom stereocenters. The lowest BCUT2D eigenvalue weighted by Gasteiger charge is -2.17. The molecule has 0 aliphatic heterocycles. The lowest BCUT2D eigenvalue weighted by Crippen LogP contribution is -2.15. The Kier molecular flexibility index (Phi) is 7.77. The minimum Gasteiger partial charge on any atom is -0.481 e. The minimum absolute atomic E-state index is 0.0835. The van der Waals surface area contributed by atoms with Crippen LogP contribution in [-0.2, 0) is 11.2 Å². The van der Waals surface area contributed by atoms with Gasteiger partial charge in [0.15, 0.2) is 7.28 Å². The van der Waals surface area contributed by atoms with Crippen molar-refractivity contribution in [3.05, 3.63) is 94.4 Å². The molecule has 193 valence electrons. The summed E-state index contributed by atoms with van der Waals surface area (Å²) in [5, 5.41) is 21.0. The molecule has 3 aromatic carbocycles. The van der Waals surface area contributed by atoms with Crippen molar-refractivity contribution in [2.45, 2.75) is 44.4 Å². The molecule has 1 aliphatic rings. The van der Waals surface area contributed by atoms with Crippen LogP contribution in [0, 0.1) is 17.7 Å². The molecular weight excluding hydrogens is 502 g/mol. The Bertz CT molecular complexity index is 1450. The third-order valence-corrected chi connectivity index (χ3v) is 7.71. The SMILES string of the molecule is CC([B]C(O)c1ccc2nc(-c3ccc(Cl)cc3)c(CC3CCC(C(=O)O)C3)nc2c1)c1ccc(F)cc1. The summed E-state index contributed by atoms with van der Waals surface area (Å²) in [4.78, 5) is 21.4. The highest BCUT2D eigenvalue weighted by molar-refractivity contribution is 6.39. The number of benzene rings is 3. The van der Waals surface area contributed by atoms with Gasteiger partial charge in [0.25, 0.3) is 0 Å². The van der Waals surface area contributed by atoms with E-state index in [0.29, 0.717) is 40.9 Å². The lowest BCUT2D eigenvalue weighted by molar-refractivity contribution is -0.141. The van der Waals surface area contributed by atoms with E-state index in [1.54, 1.807) is 12.1 Å². The van der Waals surface area contributed by atoms with Gasteiger partial charge in [-0.15, -0.1) is 0 Å². The average molecular weight is 530 g/mol. The van der Waals surface area contributed by atoms with Crippen LogP contribution in [0.15, 0.2) is 66.7 Å². The number of aromatic nitrogens is 2. The Morgan fingerprint density at radius 3 is 2.42 bits per heavy atom. The molecule has 38 heavy (non-hydrogen) atoms. The Balaban J connectivity index is 1.45. The van der Waals surface area contributed by atoms with Crippen LogP contribution in [-0.4, -0.2) is 33.4 Å². The first kappa shape index (κ1) is 26.3. The number of nitrogens with zero attached hydrogens (tertiary/aromatic N) is 2. The molecule has 5 nitrogen and oxygen atoms in total. The molecule has 5 rings (SSSR count). The third-order valence-electron chi connectivity index (χ3n) is 7.46. The van der Waals surface area contributed by atoms with E-state index in [4.69, 9.17) is 21.6 Å². The van der Waals surface area contributed by atoms with E-state index in [0.717, 1.165) is 28.9 Å². The van der Waals surface area contributed by atoms with Crippen LogP contribution < -0.4 is 0 Å². The summed E-state index contributed by atoms with van der Waals surface area (Å²) >= 11 is 6.11. The summed E-state index contributed by atoms with van der Waals surface area (Å²) in [5.74, 6) is -1.21. The molecule has 1 radical (unpaired) electrons. The zero-order valence-electron chi connectivity index (χ0n) is 21.0. The Morgan fingerprint density at radius 2 is 1.74 bits per heavy atom. The number of halogens is 2. The highest BCUT2D eigenvalue weighted by Crippen LogP contribution is 2.36. The van der Waals surface area contributed by atoms with Crippen LogP contribution in [0.2, 0.25) is 5.02 Å². The molecule has 1 saturated carbocycles. The summed E-state index contributed by atoms with van der Waals surface area (Å²) in [5.41, 5.74) is 5.46. The van der Waals surface area contributed by atoms with Crippen molar-refractivity contribution < 1.29 is 19.4 Å². The molecule has 1 aromatic heterocycles. The second-order valence-corrected chi connectivity index (χ2v) is 10.6. The van der Waals surface area contributed by atoms with Gasteiger partial charge in [0.2, 0.25) is 0 Å². The predicted molar refractivity (Wildman–Crippen MR) is 148 cm³/mol. The Labute approximate surface area is 227 Å². The van der Waals surface area contributed by atoms with Crippen LogP contribution in [0.4, 0.5) is 4.39 Å². The van der Waals surface area contributed by atoms with Crippen molar-refractivity contribution in [1.29, 1.82) is 0 Å². The fraction of sp³-hybridized carbons (Fsp3) is 0.300. The molecule has 0 saturated heterocycles. The minimum atomic E-state index is -0.841. The average Bonchev–Trinajstić information content (AvgIpc) is 3.38. The van der Waals surface area contributed by atoms with Gasteiger partial charge in [-0.1, -0.05) is 54.4 Å². The highest BCUT2D eigenvalue weighted by atomic mass is 35.5. The van der Waals surface area contributed by atoms with Gasteiger partial charge in [0.05, 0.1) is 28.3 Å². The van der Waals surface area contributed by atoms with E-state index in [2.05, 4.69) is 0 Å². The number of aliphatic hydroxyl groups excluding tert-OH is 1. The smallest absolute Gasteiger partial charge is 0.306 e. The van der Waals surface area contributed by atoms with Gasteiger partial charge < -0.3 is 10.2 Å². The van der Waals surface area contributed by atoms with Crippen molar-refractivity contribution in [1.82, 2.24) is 9.97 Å². The molecule has 2 N–H and O–H groups in total. The van der Waals surface area contributed by atoms with E-state index in [1.165, 1.54) is 12.1 Å². The largest absolute Gasteiger partial charge is 0.481 e. The van der Waals surface area contributed by atoms with Gasteiger partial charge in [0, 0.05) is 16.6 Å². The van der Waals surface area contributed by atoms with Crippen LogP contribution in [0.3, 0.4) is 0 Å². The standard InChI is InChI=1S/C30H28BClFN2O3/c1-17(19-6-11-24(33)12-7-19)31-29(36)21-8-13-25-26(16-21)34-27(15-18-2-3-22(14-18)30(37)38)28(35-25)20-4-9-23(32)10-5-20/h4-13,16-18,22,29,36H,2-3,14-15H2,1H3,(H,37,38). The number of hydrogen-bond acceptors (Lipinski definition) is 4. The molecule has 1 fully saturated rings. The monoisotopic (exact) mass is 529 g/mol. The van der Waals surface area contributed by atoms with Crippen LogP contribution in [0.5, 0.6) is 0 Å². The van der Waals surface area contributed by atoms with Crippen LogP contribution in [0.25, 0.3) is 22.3 Å². The molecule has 1 aliphatic carbocycles. The number of hydrogen-bond donors (Lipinski definition) is 2. The first-order valence-corrected chi connectivity index (χ1v) is 13.2. The summed E-state index contributed by atoms with van der Waals surface area (Å²) in [6.45, 7) is 1.96. The van der Waals surface area contributed by atoms with Gasteiger partial charge in [-0.25, -0.2) is 14.4 Å². The molecule has 1 heterocycles. The van der Waals surface area contributed by atoms with Crippen molar-refractivity contribution in [2.24, 2.45) is 11.8 Å². The first-order valence-electron chi connectivity index (χ1n) is 12.8. The maximum absolute atomic E-state index is 13.3. The quantitative estimate of drug-likeness (QED) is 0.252. The fourth-order valence-electron chi connectivity index (χ4n) is 5.29. The summed E-state index contributed by atoms with van der Waals surface area (Å²) in [7, 11) is 1.81. The number of fused-ring (bicyclic) bond motifs is 1. The predicted octanol–water partition coefficient (Wildman–Crippen LogP) is 6.59. The van der Waals surface area contributed by atoms with Gasteiger partial charge in [-0.05, 0) is 79.4 Å². The molecular formula is C30H28BClFN2O3. The van der Waals surface area contributed by atoms with Crippen LogP contribution >= 0.6 is 11.6 Å². The molecule has 0 spiro atoms. The van der Waals surface area contributed by atoms with E-state index < -0.39 is 12.0 Å². The lowest BCUT2D eigenvalue weighted by atomic mass is 9.56. The molecule has 4 unspecified atom stereocenters. The molecule has 0 bridgehead atoms. The van der Waals surface area contributed by atoms with Gasteiger partial charge >= 0.3 is 5.97 Å². The van der Waals surface area contributed by atoms with Gasteiger partial charge in [-0.2, -0.15) is 0 Å². The summed E-state index contributed by atoms with van der Waals surface area (Å²) in [6, 6.07) is 18.5. The van der Waals surface area contributed by atoms with E-state index in [9.17, 15) is 19.4 Å². The van der Waals surface area contributed by atoms with Crippen LogP contribution in [0.1, 0.15) is 54.8 Å². The zero-order valence-corrected chi connectivity index (χ0v) is 21.8. The summed E-state index contributed by atoms with van der Waals surface area (Å²) in [6.07, 6.45) is 2.77. The number of aliphatic carboxylic acids is 1. The second-order valence-electron chi connectivity index (χ2n) is 10.2. The highest BCUT2D eigenvalue weighted by Gasteiger charge is 2.31. The normalized spacial score (nSPS) is 18.8. The van der Waals surface area contributed by atoms with E-state index in [1.807, 2.05) is 56.7 Å². The molecule has 0 amide bonds. The van der Waals surface area contributed by atoms with E-state index in [-0.39, 0.29) is 23.5 Å². The van der Waals surface area contributed by atoms with Crippen molar-refractivity contribution in [3.8, 4) is 11.3 Å². The molecule has 8 heteroatoms. The van der Waals surface area contributed by atoms with Gasteiger partial charge in [-0.3, -0.25) is 4.79 Å². The maximum atomic E-state index is 13.3. The topological polar surface area (TPSA) is 83.3 Å². The van der Waals surface area contributed by atoms with Crippen molar-refractivity contribution in [2.75, 3.05) is 0 Å². The maximum Gasteiger partial charge on any atom is 0.306 e. The number of carbonyl (C=O) groups is 1. The summed E-state index contributed by atoms with van der Waals surface area (Å²) < 4.78 is 13.3.